The molecule has 7 heteroatoms. The summed E-state index contributed by atoms with van der Waals surface area (Å²) in [4.78, 5) is 12.1. The molecular weight excluding hydrogens is 370 g/mol. The molecule has 0 unspecified atom stereocenters. The largest absolute Gasteiger partial charge is 0.411 e. The Morgan fingerprint density at radius 1 is 1.15 bits per heavy atom. The molecule has 3 aromatic rings. The van der Waals surface area contributed by atoms with Crippen LogP contribution < -0.4 is 5.32 Å². The Kier molecular flexibility index (Phi) is 5.64. The average molecular weight is 388 g/mol. The van der Waals surface area contributed by atoms with Crippen LogP contribution in [-0.2, 0) is 4.79 Å². The van der Waals surface area contributed by atoms with E-state index in [4.69, 9.17) is 16.0 Å². The number of thioether (sulfide) groups is 1. The highest BCUT2D eigenvalue weighted by Gasteiger charge is 2.13. The predicted octanol–water partition coefficient (Wildman–Crippen LogP) is 5.05. The van der Waals surface area contributed by atoms with Crippen LogP contribution in [0, 0.1) is 20.8 Å². The molecule has 26 heavy (non-hydrogen) atoms. The minimum Gasteiger partial charge on any atom is -0.411 e. The Bertz CT molecular complexity index is 956. The standard InChI is InChI=1S/C19H18ClN3O2S/c1-11-7-8-14(9-12(11)2)18-22-23-19(25-18)26-10-17(24)21-16-6-4-5-15(20)13(16)3/h4-9H,10H2,1-3H3,(H,21,24). The molecule has 2 aromatic carbocycles. The van der Waals surface area contributed by atoms with Gasteiger partial charge in [-0.3, -0.25) is 4.79 Å². The van der Waals surface area contributed by atoms with E-state index >= 15 is 0 Å². The fourth-order valence-electron chi connectivity index (χ4n) is 2.32. The highest BCUT2D eigenvalue weighted by molar-refractivity contribution is 7.99. The van der Waals surface area contributed by atoms with Crippen molar-refractivity contribution < 1.29 is 9.21 Å². The Morgan fingerprint density at radius 2 is 1.96 bits per heavy atom. The normalized spacial score (nSPS) is 10.8. The van der Waals surface area contributed by atoms with Crippen LogP contribution in [0.3, 0.4) is 0 Å². The maximum atomic E-state index is 12.1. The van der Waals surface area contributed by atoms with Gasteiger partial charge in [-0.05, 0) is 61.7 Å². The second-order valence-electron chi connectivity index (χ2n) is 5.92. The molecule has 1 heterocycles. The van der Waals surface area contributed by atoms with E-state index in [9.17, 15) is 4.79 Å². The number of hydrogen-bond donors (Lipinski definition) is 1. The van der Waals surface area contributed by atoms with Gasteiger partial charge in [-0.15, -0.1) is 10.2 Å². The Hall–Kier alpha value is -2.31. The summed E-state index contributed by atoms with van der Waals surface area (Å²) in [5.41, 5.74) is 4.76. The number of carbonyl (C=O) groups excluding carboxylic acids is 1. The van der Waals surface area contributed by atoms with Crippen molar-refractivity contribution in [2.24, 2.45) is 0 Å². The van der Waals surface area contributed by atoms with E-state index in [0.717, 1.165) is 16.7 Å². The van der Waals surface area contributed by atoms with Crippen LogP contribution in [0.15, 0.2) is 46.0 Å². The van der Waals surface area contributed by atoms with Crippen molar-refractivity contribution >= 4 is 35.0 Å². The Labute approximate surface area is 161 Å². The van der Waals surface area contributed by atoms with Gasteiger partial charge in [0, 0.05) is 16.3 Å². The van der Waals surface area contributed by atoms with Crippen molar-refractivity contribution in [1.82, 2.24) is 10.2 Å². The summed E-state index contributed by atoms with van der Waals surface area (Å²) >= 11 is 7.26. The summed E-state index contributed by atoms with van der Waals surface area (Å²) in [7, 11) is 0. The van der Waals surface area contributed by atoms with E-state index < -0.39 is 0 Å². The lowest BCUT2D eigenvalue weighted by atomic mass is 10.1. The van der Waals surface area contributed by atoms with Crippen LogP contribution in [0.2, 0.25) is 5.02 Å². The van der Waals surface area contributed by atoms with Crippen LogP contribution >= 0.6 is 23.4 Å². The fraction of sp³-hybridized carbons (Fsp3) is 0.211. The number of aryl methyl sites for hydroxylation is 2. The Morgan fingerprint density at radius 3 is 2.73 bits per heavy atom. The van der Waals surface area contributed by atoms with E-state index in [-0.39, 0.29) is 11.7 Å². The molecule has 0 spiro atoms. The highest BCUT2D eigenvalue weighted by atomic mass is 35.5. The maximum absolute atomic E-state index is 12.1. The second kappa shape index (κ2) is 7.93. The number of nitrogens with one attached hydrogen (secondary N) is 1. The van der Waals surface area contributed by atoms with Gasteiger partial charge in [0.2, 0.25) is 11.8 Å². The first-order chi connectivity index (χ1) is 12.4. The predicted molar refractivity (Wildman–Crippen MR) is 105 cm³/mol. The molecular formula is C19H18ClN3O2S. The molecule has 1 amide bonds. The van der Waals surface area contributed by atoms with Crippen LogP contribution in [0.25, 0.3) is 11.5 Å². The number of aromatic nitrogens is 2. The van der Waals surface area contributed by atoms with Gasteiger partial charge < -0.3 is 9.73 Å². The molecule has 0 fully saturated rings. The number of nitrogens with zero attached hydrogens (tertiary/aromatic N) is 2. The molecule has 134 valence electrons. The van der Waals surface area contributed by atoms with Gasteiger partial charge in [-0.1, -0.05) is 35.5 Å². The van der Waals surface area contributed by atoms with Crippen molar-refractivity contribution in [1.29, 1.82) is 0 Å². The van der Waals surface area contributed by atoms with Gasteiger partial charge in [-0.25, -0.2) is 0 Å². The summed E-state index contributed by atoms with van der Waals surface area (Å²) in [6, 6.07) is 11.4. The number of anilines is 1. The molecule has 5 nitrogen and oxygen atoms in total. The number of carbonyl (C=O) groups is 1. The fourth-order valence-corrected chi connectivity index (χ4v) is 3.05. The summed E-state index contributed by atoms with van der Waals surface area (Å²) in [5.74, 6) is 0.452. The lowest BCUT2D eigenvalue weighted by Crippen LogP contribution is -2.14. The molecule has 0 bridgehead atoms. The van der Waals surface area contributed by atoms with Crippen molar-refractivity contribution in [2.75, 3.05) is 11.1 Å². The van der Waals surface area contributed by atoms with Gasteiger partial charge in [0.15, 0.2) is 0 Å². The first-order valence-electron chi connectivity index (χ1n) is 8.03. The topological polar surface area (TPSA) is 68.0 Å². The lowest BCUT2D eigenvalue weighted by molar-refractivity contribution is -0.113. The quantitative estimate of drug-likeness (QED) is 0.620. The van der Waals surface area contributed by atoms with Crippen LogP contribution in [0.4, 0.5) is 5.69 Å². The van der Waals surface area contributed by atoms with Gasteiger partial charge in [0.1, 0.15) is 0 Å². The van der Waals surface area contributed by atoms with Gasteiger partial charge in [-0.2, -0.15) is 0 Å². The zero-order chi connectivity index (χ0) is 18.7. The number of rotatable bonds is 5. The average Bonchev–Trinajstić information content (AvgIpc) is 3.09. The third-order valence-electron chi connectivity index (χ3n) is 4.03. The van der Waals surface area contributed by atoms with E-state index in [1.54, 1.807) is 12.1 Å². The summed E-state index contributed by atoms with van der Waals surface area (Å²) in [5, 5.41) is 11.9. The van der Waals surface area contributed by atoms with E-state index in [2.05, 4.69) is 22.4 Å². The monoisotopic (exact) mass is 387 g/mol. The molecule has 1 N–H and O–H groups in total. The number of hydrogen-bond acceptors (Lipinski definition) is 5. The number of benzene rings is 2. The van der Waals surface area contributed by atoms with E-state index in [1.165, 1.54) is 17.3 Å². The first kappa shape index (κ1) is 18.5. The molecule has 0 saturated carbocycles. The molecule has 0 atom stereocenters. The van der Waals surface area contributed by atoms with Gasteiger partial charge in [0.25, 0.3) is 5.22 Å². The summed E-state index contributed by atoms with van der Waals surface area (Å²) in [6.07, 6.45) is 0. The van der Waals surface area contributed by atoms with E-state index in [1.807, 2.05) is 38.1 Å². The second-order valence-corrected chi connectivity index (χ2v) is 7.26. The van der Waals surface area contributed by atoms with Crippen molar-refractivity contribution in [2.45, 2.75) is 26.0 Å². The zero-order valence-corrected chi connectivity index (χ0v) is 16.2. The Balaban J connectivity index is 1.61. The summed E-state index contributed by atoms with van der Waals surface area (Å²) < 4.78 is 5.65. The lowest BCUT2D eigenvalue weighted by Gasteiger charge is -2.08. The molecule has 3 rings (SSSR count). The maximum Gasteiger partial charge on any atom is 0.277 e. The van der Waals surface area contributed by atoms with Crippen molar-refractivity contribution in [3.8, 4) is 11.5 Å². The van der Waals surface area contributed by atoms with Gasteiger partial charge in [0.05, 0.1) is 5.75 Å². The zero-order valence-electron chi connectivity index (χ0n) is 14.7. The van der Waals surface area contributed by atoms with Crippen molar-refractivity contribution in [3.05, 3.63) is 58.1 Å². The minimum absolute atomic E-state index is 0.161. The first-order valence-corrected chi connectivity index (χ1v) is 9.39. The molecule has 0 aliphatic rings. The third-order valence-corrected chi connectivity index (χ3v) is 5.26. The van der Waals surface area contributed by atoms with Crippen LogP contribution in [0.5, 0.6) is 0 Å². The highest BCUT2D eigenvalue weighted by Crippen LogP contribution is 2.26. The number of amides is 1. The summed E-state index contributed by atoms with van der Waals surface area (Å²) in [6.45, 7) is 5.94. The third kappa shape index (κ3) is 4.26. The molecule has 0 aliphatic heterocycles. The smallest absolute Gasteiger partial charge is 0.277 e. The SMILES string of the molecule is Cc1ccc(-c2nnc(SCC(=O)Nc3cccc(Cl)c3C)o2)cc1C. The van der Waals surface area contributed by atoms with Crippen LogP contribution in [-0.4, -0.2) is 21.9 Å². The van der Waals surface area contributed by atoms with E-state index in [0.29, 0.717) is 21.8 Å². The number of halogens is 1. The van der Waals surface area contributed by atoms with Gasteiger partial charge >= 0.3 is 0 Å². The molecule has 0 aliphatic carbocycles. The van der Waals surface area contributed by atoms with Crippen LogP contribution in [0.1, 0.15) is 16.7 Å². The minimum atomic E-state index is -0.161. The molecule has 0 saturated heterocycles. The molecule has 1 aromatic heterocycles. The molecule has 0 radical (unpaired) electrons. The van der Waals surface area contributed by atoms with Crippen molar-refractivity contribution in [3.63, 3.8) is 0 Å².